The van der Waals surface area contributed by atoms with Crippen molar-refractivity contribution in [1.82, 2.24) is 4.90 Å². The molecule has 2 N–H and O–H groups in total. The fourth-order valence-electron chi connectivity index (χ4n) is 2.80. The molecule has 25 heavy (non-hydrogen) atoms. The predicted molar refractivity (Wildman–Crippen MR) is 101 cm³/mol. The summed E-state index contributed by atoms with van der Waals surface area (Å²) in [6.45, 7) is 1.52. The minimum Gasteiger partial charge on any atom is -0.449 e. The molecule has 0 spiro atoms. The van der Waals surface area contributed by atoms with Gasteiger partial charge in [-0.1, -0.05) is 30.3 Å². The van der Waals surface area contributed by atoms with E-state index in [2.05, 4.69) is 4.90 Å². The summed E-state index contributed by atoms with van der Waals surface area (Å²) in [7, 11) is 4.04. The molecule has 1 aliphatic heterocycles. The third-order valence-corrected chi connectivity index (χ3v) is 4.03. The summed E-state index contributed by atoms with van der Waals surface area (Å²) in [5.74, 6) is 0.842. The Bertz CT molecular complexity index is 785. The summed E-state index contributed by atoms with van der Waals surface area (Å²) in [5, 5.41) is 0. The summed E-state index contributed by atoms with van der Waals surface area (Å²) in [6.07, 6.45) is 2.65. The van der Waals surface area contributed by atoms with Gasteiger partial charge in [-0.05, 0) is 56.9 Å². The molecule has 0 atom stereocenters. The number of amides is 1. The zero-order valence-corrected chi connectivity index (χ0v) is 14.6. The van der Waals surface area contributed by atoms with E-state index in [9.17, 15) is 4.79 Å². The molecule has 5 heteroatoms. The van der Waals surface area contributed by atoms with Crippen molar-refractivity contribution in [3.8, 4) is 5.75 Å². The zero-order valence-electron chi connectivity index (χ0n) is 14.6. The first-order chi connectivity index (χ1) is 12.0. The van der Waals surface area contributed by atoms with Gasteiger partial charge in [0.25, 0.3) is 5.91 Å². The minimum atomic E-state index is -0.138. The van der Waals surface area contributed by atoms with Crippen LogP contribution >= 0.6 is 0 Å². The van der Waals surface area contributed by atoms with Gasteiger partial charge in [0.15, 0.2) is 11.5 Å². The molecule has 1 heterocycles. The minimum absolute atomic E-state index is 0.138. The van der Waals surface area contributed by atoms with E-state index in [0.29, 0.717) is 23.7 Å². The lowest BCUT2D eigenvalue weighted by Gasteiger charge is -2.31. The zero-order chi connectivity index (χ0) is 17.8. The molecular formula is C20H23N3O2. The molecule has 0 saturated heterocycles. The van der Waals surface area contributed by atoms with Crippen LogP contribution in [-0.4, -0.2) is 38.0 Å². The van der Waals surface area contributed by atoms with E-state index in [1.807, 2.05) is 50.5 Å². The molecule has 2 aromatic carbocycles. The number of nitrogen functional groups attached to an aromatic ring is 1. The average molecular weight is 337 g/mol. The molecule has 0 unspecified atom stereocenters. The quantitative estimate of drug-likeness (QED) is 0.673. The highest BCUT2D eigenvalue weighted by Crippen LogP contribution is 2.37. The van der Waals surface area contributed by atoms with Gasteiger partial charge in [0.05, 0.1) is 5.69 Å². The number of ether oxygens (including phenoxy) is 1. The van der Waals surface area contributed by atoms with Crippen molar-refractivity contribution in [2.24, 2.45) is 0 Å². The van der Waals surface area contributed by atoms with Gasteiger partial charge in [-0.15, -0.1) is 0 Å². The van der Waals surface area contributed by atoms with Gasteiger partial charge in [0.2, 0.25) is 0 Å². The number of hydrogen-bond acceptors (Lipinski definition) is 4. The lowest BCUT2D eigenvalue weighted by Crippen LogP contribution is -2.39. The van der Waals surface area contributed by atoms with Crippen molar-refractivity contribution in [3.63, 3.8) is 0 Å². The maximum absolute atomic E-state index is 13.0. The number of hydrogen-bond donors (Lipinski definition) is 1. The second-order valence-electron chi connectivity index (χ2n) is 6.36. The van der Waals surface area contributed by atoms with Crippen LogP contribution in [0.4, 0.5) is 11.4 Å². The first kappa shape index (κ1) is 17.0. The Morgan fingerprint density at radius 3 is 2.64 bits per heavy atom. The van der Waals surface area contributed by atoms with Crippen molar-refractivity contribution < 1.29 is 9.53 Å². The fourth-order valence-corrected chi connectivity index (χ4v) is 2.80. The molecule has 0 aromatic heterocycles. The van der Waals surface area contributed by atoms with Gasteiger partial charge in [-0.3, -0.25) is 4.79 Å². The van der Waals surface area contributed by atoms with Crippen LogP contribution in [0.5, 0.6) is 5.75 Å². The highest BCUT2D eigenvalue weighted by atomic mass is 16.5. The largest absolute Gasteiger partial charge is 0.449 e. The number of carbonyl (C=O) groups is 1. The van der Waals surface area contributed by atoms with Crippen molar-refractivity contribution in [2.75, 3.05) is 37.8 Å². The van der Waals surface area contributed by atoms with Crippen LogP contribution in [0.15, 0.2) is 54.3 Å². The fraction of sp³-hybridized carbons (Fsp3) is 0.250. The van der Waals surface area contributed by atoms with E-state index in [-0.39, 0.29) is 5.91 Å². The molecule has 3 rings (SSSR count). The Morgan fingerprint density at radius 1 is 1.16 bits per heavy atom. The van der Waals surface area contributed by atoms with Gasteiger partial charge in [0.1, 0.15) is 0 Å². The van der Waals surface area contributed by atoms with Crippen molar-refractivity contribution in [1.29, 1.82) is 0 Å². The molecular weight excluding hydrogens is 314 g/mol. The van der Waals surface area contributed by atoms with Crippen LogP contribution in [0.25, 0.3) is 6.08 Å². The number of nitrogens with two attached hydrogens (primary N) is 1. The van der Waals surface area contributed by atoms with Crippen LogP contribution < -0.4 is 15.4 Å². The average Bonchev–Trinajstić information content (AvgIpc) is 2.59. The first-order valence-corrected chi connectivity index (χ1v) is 8.35. The molecule has 0 aliphatic carbocycles. The molecule has 2 aromatic rings. The summed E-state index contributed by atoms with van der Waals surface area (Å²) < 4.78 is 5.86. The van der Waals surface area contributed by atoms with E-state index >= 15 is 0 Å². The van der Waals surface area contributed by atoms with Crippen LogP contribution in [0.2, 0.25) is 0 Å². The highest BCUT2D eigenvalue weighted by molar-refractivity contribution is 6.10. The van der Waals surface area contributed by atoms with Gasteiger partial charge >= 0.3 is 0 Å². The lowest BCUT2D eigenvalue weighted by molar-refractivity contribution is -0.117. The second-order valence-corrected chi connectivity index (χ2v) is 6.36. The van der Waals surface area contributed by atoms with Crippen molar-refractivity contribution in [2.45, 2.75) is 6.42 Å². The number of anilines is 2. The molecule has 0 bridgehead atoms. The van der Waals surface area contributed by atoms with Crippen molar-refractivity contribution >= 4 is 23.4 Å². The third kappa shape index (κ3) is 4.00. The molecule has 0 radical (unpaired) electrons. The van der Waals surface area contributed by atoms with E-state index in [1.54, 1.807) is 23.1 Å². The molecule has 0 fully saturated rings. The maximum Gasteiger partial charge on any atom is 0.294 e. The van der Waals surface area contributed by atoms with Gasteiger partial charge < -0.3 is 20.3 Å². The Balaban J connectivity index is 1.93. The SMILES string of the molecule is CN(C)CCCN1C(=O)/C(=C\c2ccccc2)Oc2ccc(N)cc21. The Labute approximate surface area is 148 Å². The molecule has 1 aliphatic rings. The predicted octanol–water partition coefficient (Wildman–Crippen LogP) is 2.99. The van der Waals surface area contributed by atoms with Crippen molar-refractivity contribution in [3.05, 3.63) is 59.9 Å². The second kappa shape index (κ2) is 7.40. The topological polar surface area (TPSA) is 58.8 Å². The Hall–Kier alpha value is -2.79. The van der Waals surface area contributed by atoms with Gasteiger partial charge in [-0.2, -0.15) is 0 Å². The molecule has 130 valence electrons. The normalized spacial score (nSPS) is 15.4. The molecule has 5 nitrogen and oxygen atoms in total. The van der Waals surface area contributed by atoms with Gasteiger partial charge in [0, 0.05) is 12.2 Å². The van der Waals surface area contributed by atoms with E-state index < -0.39 is 0 Å². The third-order valence-electron chi connectivity index (χ3n) is 4.03. The van der Waals surface area contributed by atoms with Crippen LogP contribution in [-0.2, 0) is 4.79 Å². The van der Waals surface area contributed by atoms with E-state index in [1.165, 1.54) is 0 Å². The van der Waals surface area contributed by atoms with E-state index in [4.69, 9.17) is 10.5 Å². The number of benzene rings is 2. The number of carbonyl (C=O) groups excluding carboxylic acids is 1. The molecule has 0 saturated carbocycles. The summed E-state index contributed by atoms with van der Waals surface area (Å²) in [6, 6.07) is 15.1. The first-order valence-electron chi connectivity index (χ1n) is 8.35. The van der Waals surface area contributed by atoms with E-state index in [0.717, 1.165) is 24.2 Å². The Morgan fingerprint density at radius 2 is 1.92 bits per heavy atom. The summed E-state index contributed by atoms with van der Waals surface area (Å²) in [5.41, 5.74) is 8.18. The number of rotatable bonds is 5. The summed E-state index contributed by atoms with van der Waals surface area (Å²) in [4.78, 5) is 16.8. The maximum atomic E-state index is 13.0. The standard InChI is InChI=1S/C20H23N3O2/c1-22(2)11-6-12-23-17-14-16(21)9-10-18(17)25-19(20(23)24)13-15-7-4-3-5-8-15/h3-5,7-10,13-14H,6,11-12,21H2,1-2H3/b19-13+. The summed E-state index contributed by atoms with van der Waals surface area (Å²) >= 11 is 0. The highest BCUT2D eigenvalue weighted by Gasteiger charge is 2.30. The number of nitrogens with zero attached hydrogens (tertiary/aromatic N) is 2. The monoisotopic (exact) mass is 337 g/mol. The molecule has 1 amide bonds. The lowest BCUT2D eigenvalue weighted by atomic mass is 10.1. The number of fused-ring (bicyclic) bond motifs is 1. The van der Waals surface area contributed by atoms with Crippen LogP contribution in [0.3, 0.4) is 0 Å². The smallest absolute Gasteiger partial charge is 0.294 e. The Kier molecular flexibility index (Phi) is 5.05. The van der Waals surface area contributed by atoms with Crippen LogP contribution in [0.1, 0.15) is 12.0 Å². The van der Waals surface area contributed by atoms with Crippen LogP contribution in [0, 0.1) is 0 Å². The van der Waals surface area contributed by atoms with Gasteiger partial charge in [-0.25, -0.2) is 0 Å².